The molecule has 2 aliphatic rings. The zero-order valence-corrected chi connectivity index (χ0v) is 16.4. The monoisotopic (exact) mass is 430 g/mol. The lowest BCUT2D eigenvalue weighted by Crippen LogP contribution is -2.47. The fourth-order valence-corrected chi connectivity index (χ4v) is 3.26. The van der Waals surface area contributed by atoms with Gasteiger partial charge >= 0.3 is 0 Å². The molecule has 2 heterocycles. The van der Waals surface area contributed by atoms with Crippen molar-refractivity contribution in [3.05, 3.63) is 29.8 Å². The summed E-state index contributed by atoms with van der Waals surface area (Å²) in [5.41, 5.74) is 2.46. The SMILES string of the molecule is CN=C(NCc1ccc(N(C)C)cc1)NC1CC2CCC1O2.I. The first-order chi connectivity index (χ1) is 10.7. The maximum atomic E-state index is 5.88. The number of halogens is 1. The third-order valence-corrected chi connectivity index (χ3v) is 4.56. The van der Waals surface area contributed by atoms with Gasteiger partial charge in [0, 0.05) is 33.4 Å². The lowest BCUT2D eigenvalue weighted by molar-refractivity contribution is 0.0992. The molecule has 1 aromatic rings. The fraction of sp³-hybridized carbons (Fsp3) is 0.588. The number of fused-ring (bicyclic) bond motifs is 2. The largest absolute Gasteiger partial charge is 0.378 e. The molecule has 23 heavy (non-hydrogen) atoms. The molecule has 2 bridgehead atoms. The van der Waals surface area contributed by atoms with Gasteiger partial charge in [0.05, 0.1) is 18.2 Å². The Bertz CT molecular complexity index is 532. The van der Waals surface area contributed by atoms with E-state index in [0.29, 0.717) is 18.2 Å². The predicted octanol–water partition coefficient (Wildman–Crippen LogP) is 2.36. The topological polar surface area (TPSA) is 48.9 Å². The average molecular weight is 430 g/mol. The Hall–Kier alpha value is -1.02. The smallest absolute Gasteiger partial charge is 0.191 e. The van der Waals surface area contributed by atoms with Gasteiger partial charge in [-0.3, -0.25) is 4.99 Å². The van der Waals surface area contributed by atoms with Gasteiger partial charge in [-0.1, -0.05) is 12.1 Å². The van der Waals surface area contributed by atoms with Crippen LogP contribution in [-0.2, 0) is 11.3 Å². The van der Waals surface area contributed by atoms with Crippen molar-refractivity contribution >= 4 is 35.6 Å². The second-order valence-corrected chi connectivity index (χ2v) is 6.35. The second-order valence-electron chi connectivity index (χ2n) is 6.35. The van der Waals surface area contributed by atoms with E-state index in [1.54, 1.807) is 0 Å². The van der Waals surface area contributed by atoms with Crippen LogP contribution in [0.3, 0.4) is 0 Å². The van der Waals surface area contributed by atoms with Crippen LogP contribution >= 0.6 is 24.0 Å². The third kappa shape index (κ3) is 4.50. The minimum Gasteiger partial charge on any atom is -0.378 e. The molecule has 5 nitrogen and oxygen atoms in total. The minimum atomic E-state index is 0. The van der Waals surface area contributed by atoms with E-state index in [9.17, 15) is 0 Å². The number of hydrogen-bond donors (Lipinski definition) is 2. The molecule has 2 aliphatic heterocycles. The Labute approximate surface area is 155 Å². The van der Waals surface area contributed by atoms with Crippen LogP contribution in [0.2, 0.25) is 0 Å². The van der Waals surface area contributed by atoms with Crippen LogP contribution in [0.25, 0.3) is 0 Å². The van der Waals surface area contributed by atoms with Crippen molar-refractivity contribution in [2.75, 3.05) is 26.0 Å². The van der Waals surface area contributed by atoms with Gasteiger partial charge in [0.15, 0.2) is 5.96 Å². The van der Waals surface area contributed by atoms with Crippen LogP contribution in [-0.4, -0.2) is 45.4 Å². The number of nitrogens with one attached hydrogen (secondary N) is 2. The average Bonchev–Trinajstić information content (AvgIpc) is 3.14. The van der Waals surface area contributed by atoms with Gasteiger partial charge in [0.25, 0.3) is 0 Å². The number of ether oxygens (including phenoxy) is 1. The first kappa shape index (κ1) is 18.3. The highest BCUT2D eigenvalue weighted by atomic mass is 127. The molecule has 3 rings (SSSR count). The van der Waals surface area contributed by atoms with Crippen LogP contribution in [0, 0.1) is 0 Å². The fourth-order valence-electron chi connectivity index (χ4n) is 3.26. The molecule has 0 saturated carbocycles. The van der Waals surface area contributed by atoms with Crippen molar-refractivity contribution in [3.63, 3.8) is 0 Å². The molecular weight excluding hydrogens is 403 g/mol. The zero-order valence-electron chi connectivity index (χ0n) is 14.1. The van der Waals surface area contributed by atoms with Crippen LogP contribution in [0.15, 0.2) is 29.3 Å². The van der Waals surface area contributed by atoms with E-state index in [-0.39, 0.29) is 24.0 Å². The lowest BCUT2D eigenvalue weighted by atomic mass is 9.96. The lowest BCUT2D eigenvalue weighted by Gasteiger charge is -2.22. The summed E-state index contributed by atoms with van der Waals surface area (Å²) in [6, 6.07) is 8.97. The van der Waals surface area contributed by atoms with E-state index in [1.165, 1.54) is 24.1 Å². The van der Waals surface area contributed by atoms with E-state index in [4.69, 9.17) is 4.74 Å². The van der Waals surface area contributed by atoms with E-state index in [0.717, 1.165) is 18.9 Å². The number of aliphatic imine (C=N–C) groups is 1. The van der Waals surface area contributed by atoms with Crippen LogP contribution in [0.1, 0.15) is 24.8 Å². The van der Waals surface area contributed by atoms with Crippen molar-refractivity contribution < 1.29 is 4.74 Å². The maximum absolute atomic E-state index is 5.88. The maximum Gasteiger partial charge on any atom is 0.191 e. The van der Waals surface area contributed by atoms with Gasteiger partial charge in [-0.05, 0) is 37.0 Å². The molecule has 3 atom stereocenters. The van der Waals surface area contributed by atoms with Crippen molar-refractivity contribution in [3.8, 4) is 0 Å². The molecule has 128 valence electrons. The Balaban J connectivity index is 0.00000192. The second kappa shape index (κ2) is 8.19. The highest BCUT2D eigenvalue weighted by Crippen LogP contribution is 2.34. The minimum absolute atomic E-state index is 0. The van der Waals surface area contributed by atoms with E-state index in [2.05, 4.69) is 58.9 Å². The van der Waals surface area contributed by atoms with Crippen LogP contribution < -0.4 is 15.5 Å². The molecule has 3 unspecified atom stereocenters. The molecule has 0 amide bonds. The van der Waals surface area contributed by atoms with Crippen molar-refractivity contribution in [1.82, 2.24) is 10.6 Å². The molecule has 2 fully saturated rings. The molecule has 1 aromatic carbocycles. The summed E-state index contributed by atoms with van der Waals surface area (Å²) < 4.78 is 5.88. The summed E-state index contributed by atoms with van der Waals surface area (Å²) in [7, 11) is 5.92. The standard InChI is InChI=1S/C17H26N4O.HI/c1-18-17(20-15-10-14-8-9-16(15)22-14)19-11-12-4-6-13(7-5-12)21(2)3;/h4-7,14-16H,8-11H2,1-3H3,(H2,18,19,20);1H. The first-order valence-electron chi connectivity index (χ1n) is 8.04. The Morgan fingerprint density at radius 1 is 1.26 bits per heavy atom. The molecule has 2 N–H and O–H groups in total. The first-order valence-corrected chi connectivity index (χ1v) is 8.04. The van der Waals surface area contributed by atoms with E-state index < -0.39 is 0 Å². The van der Waals surface area contributed by atoms with Gasteiger partial charge in [-0.15, -0.1) is 24.0 Å². The highest BCUT2D eigenvalue weighted by Gasteiger charge is 2.41. The van der Waals surface area contributed by atoms with Crippen molar-refractivity contribution in [1.29, 1.82) is 0 Å². The van der Waals surface area contributed by atoms with Gasteiger partial charge in [0.2, 0.25) is 0 Å². The predicted molar refractivity (Wildman–Crippen MR) is 106 cm³/mol. The summed E-state index contributed by atoms with van der Waals surface area (Å²) in [4.78, 5) is 6.43. The molecular formula is C17H27IN4O. The summed E-state index contributed by atoms with van der Waals surface area (Å²) in [5.74, 6) is 0.859. The Morgan fingerprint density at radius 3 is 2.52 bits per heavy atom. The van der Waals surface area contributed by atoms with Crippen LogP contribution in [0.5, 0.6) is 0 Å². The third-order valence-electron chi connectivity index (χ3n) is 4.56. The van der Waals surface area contributed by atoms with Gasteiger partial charge < -0.3 is 20.3 Å². The molecule has 0 spiro atoms. The summed E-state index contributed by atoms with van der Waals surface area (Å²) in [6.45, 7) is 0.773. The molecule has 2 saturated heterocycles. The summed E-state index contributed by atoms with van der Waals surface area (Å²) in [5, 5.41) is 6.89. The Morgan fingerprint density at radius 2 is 2.00 bits per heavy atom. The van der Waals surface area contributed by atoms with E-state index in [1.807, 2.05) is 7.05 Å². The van der Waals surface area contributed by atoms with E-state index >= 15 is 0 Å². The number of rotatable bonds is 4. The zero-order chi connectivity index (χ0) is 15.5. The molecule has 0 aliphatic carbocycles. The van der Waals surface area contributed by atoms with Crippen LogP contribution in [0.4, 0.5) is 5.69 Å². The van der Waals surface area contributed by atoms with Gasteiger partial charge in [-0.2, -0.15) is 0 Å². The van der Waals surface area contributed by atoms with Crippen molar-refractivity contribution in [2.45, 2.75) is 44.1 Å². The summed E-state index contributed by atoms with van der Waals surface area (Å²) in [6.07, 6.45) is 4.31. The van der Waals surface area contributed by atoms with Gasteiger partial charge in [0.1, 0.15) is 0 Å². The Kier molecular flexibility index (Phi) is 6.52. The highest BCUT2D eigenvalue weighted by molar-refractivity contribution is 14.0. The molecule has 0 radical (unpaired) electrons. The number of hydrogen-bond acceptors (Lipinski definition) is 3. The summed E-state index contributed by atoms with van der Waals surface area (Å²) >= 11 is 0. The number of guanidine groups is 1. The molecule has 6 heteroatoms. The van der Waals surface area contributed by atoms with Crippen molar-refractivity contribution in [2.24, 2.45) is 4.99 Å². The number of benzene rings is 1. The quantitative estimate of drug-likeness (QED) is 0.438. The molecule has 0 aromatic heterocycles. The number of anilines is 1. The number of nitrogens with zero attached hydrogens (tertiary/aromatic N) is 2. The van der Waals surface area contributed by atoms with Gasteiger partial charge in [-0.25, -0.2) is 0 Å². The normalized spacial score (nSPS) is 25.9.